The van der Waals surface area contributed by atoms with Gasteiger partial charge in [0.25, 0.3) is 0 Å². The van der Waals surface area contributed by atoms with Crippen LogP contribution in [-0.4, -0.2) is 27.3 Å². The Labute approximate surface area is 121 Å². The van der Waals surface area contributed by atoms with Gasteiger partial charge in [0.2, 0.25) is 0 Å². The van der Waals surface area contributed by atoms with Crippen molar-refractivity contribution >= 4 is 12.4 Å². The fraction of sp³-hybridized carbons (Fsp3) is 0.571. The number of hydrogen-bond acceptors (Lipinski definition) is 4. The Balaban J connectivity index is 0.00000180. The minimum atomic E-state index is 0. The average molecular weight is 287 g/mol. The summed E-state index contributed by atoms with van der Waals surface area (Å²) in [4.78, 5) is 0. The maximum atomic E-state index is 6.39. The van der Waals surface area contributed by atoms with E-state index in [-0.39, 0.29) is 18.4 Å². The van der Waals surface area contributed by atoms with Crippen molar-refractivity contribution in [2.24, 2.45) is 11.7 Å². The van der Waals surface area contributed by atoms with Gasteiger partial charge in [-0.25, -0.2) is 0 Å². The summed E-state index contributed by atoms with van der Waals surface area (Å²) in [5.41, 5.74) is 7.46. The molecule has 0 unspecified atom stereocenters. The highest BCUT2D eigenvalue weighted by Gasteiger charge is 2.24. The molecule has 1 aliphatic heterocycles. The summed E-state index contributed by atoms with van der Waals surface area (Å²) in [6.45, 7) is 2.10. The molecule has 1 aliphatic rings. The zero-order chi connectivity index (χ0) is 13.0. The maximum Gasteiger partial charge on any atom is 0.127 e. The zero-order valence-electron chi connectivity index (χ0n) is 11.5. The molecule has 2 rings (SSSR count). The van der Waals surface area contributed by atoms with Crippen molar-refractivity contribution in [1.82, 2.24) is 5.32 Å². The zero-order valence-corrected chi connectivity index (χ0v) is 12.3. The molecular formula is C14H23ClN2O2. The standard InChI is InChI=1S/C14H22N2O2.ClH/c1-17-11-3-4-12(13(9-11)18-2)14(15)10-5-7-16-8-6-10;/h3-4,9-10,14,16H,5-8,15H2,1-2H3;1H/t14-;/m1./s1. The van der Waals surface area contributed by atoms with E-state index in [4.69, 9.17) is 15.2 Å². The second-order valence-corrected chi connectivity index (χ2v) is 4.72. The molecule has 0 aliphatic carbocycles. The first-order valence-electron chi connectivity index (χ1n) is 6.44. The van der Waals surface area contributed by atoms with E-state index < -0.39 is 0 Å². The van der Waals surface area contributed by atoms with Crippen molar-refractivity contribution in [2.75, 3.05) is 27.3 Å². The summed E-state index contributed by atoms with van der Waals surface area (Å²) >= 11 is 0. The fourth-order valence-corrected chi connectivity index (χ4v) is 2.55. The third kappa shape index (κ3) is 3.75. The van der Waals surface area contributed by atoms with E-state index in [1.165, 1.54) is 0 Å². The van der Waals surface area contributed by atoms with Gasteiger partial charge in [-0.3, -0.25) is 0 Å². The van der Waals surface area contributed by atoms with Crippen LogP contribution in [0.25, 0.3) is 0 Å². The predicted octanol–water partition coefficient (Wildman–Crippen LogP) is 2.13. The lowest BCUT2D eigenvalue weighted by molar-refractivity contribution is 0.312. The van der Waals surface area contributed by atoms with Crippen molar-refractivity contribution in [3.05, 3.63) is 23.8 Å². The summed E-state index contributed by atoms with van der Waals surface area (Å²) in [6.07, 6.45) is 2.24. The largest absolute Gasteiger partial charge is 0.497 e. The molecule has 1 aromatic rings. The molecule has 0 aromatic heterocycles. The SMILES string of the molecule is COc1ccc([C@H](N)C2CCNCC2)c(OC)c1.Cl. The second kappa shape index (κ2) is 7.58. The first kappa shape index (κ1) is 16.1. The van der Waals surface area contributed by atoms with Gasteiger partial charge in [0.15, 0.2) is 0 Å². The van der Waals surface area contributed by atoms with E-state index >= 15 is 0 Å². The molecule has 108 valence electrons. The summed E-state index contributed by atoms with van der Waals surface area (Å²) in [5.74, 6) is 2.14. The Kier molecular flexibility index (Phi) is 6.42. The topological polar surface area (TPSA) is 56.5 Å². The van der Waals surface area contributed by atoms with E-state index in [1.54, 1.807) is 14.2 Å². The van der Waals surface area contributed by atoms with Crippen molar-refractivity contribution < 1.29 is 9.47 Å². The van der Waals surface area contributed by atoms with E-state index in [9.17, 15) is 0 Å². The lowest BCUT2D eigenvalue weighted by Gasteiger charge is -2.29. The van der Waals surface area contributed by atoms with Crippen LogP contribution in [0.1, 0.15) is 24.4 Å². The molecule has 0 radical (unpaired) electrons. The normalized spacial score (nSPS) is 17.4. The molecule has 0 saturated carbocycles. The number of hydrogen-bond donors (Lipinski definition) is 2. The average Bonchev–Trinajstić information content (AvgIpc) is 2.46. The smallest absolute Gasteiger partial charge is 0.127 e. The number of rotatable bonds is 4. The van der Waals surface area contributed by atoms with Crippen LogP contribution >= 0.6 is 12.4 Å². The van der Waals surface area contributed by atoms with Gasteiger partial charge in [0.1, 0.15) is 11.5 Å². The molecule has 0 spiro atoms. The molecule has 19 heavy (non-hydrogen) atoms. The second-order valence-electron chi connectivity index (χ2n) is 4.72. The van der Waals surface area contributed by atoms with Crippen LogP contribution in [0.3, 0.4) is 0 Å². The van der Waals surface area contributed by atoms with Crippen LogP contribution in [0.5, 0.6) is 11.5 Å². The van der Waals surface area contributed by atoms with E-state index in [0.29, 0.717) is 5.92 Å². The van der Waals surface area contributed by atoms with Gasteiger partial charge in [-0.05, 0) is 37.9 Å². The Morgan fingerprint density at radius 2 is 1.89 bits per heavy atom. The molecule has 3 N–H and O–H groups in total. The van der Waals surface area contributed by atoms with Crippen molar-refractivity contribution in [2.45, 2.75) is 18.9 Å². The molecule has 0 bridgehead atoms. The highest BCUT2D eigenvalue weighted by molar-refractivity contribution is 5.85. The first-order chi connectivity index (χ1) is 8.76. The summed E-state index contributed by atoms with van der Waals surface area (Å²) < 4.78 is 10.6. The van der Waals surface area contributed by atoms with Crippen molar-refractivity contribution in [3.8, 4) is 11.5 Å². The van der Waals surface area contributed by atoms with Crippen molar-refractivity contribution in [1.29, 1.82) is 0 Å². The van der Waals surface area contributed by atoms with E-state index in [2.05, 4.69) is 5.32 Å². The van der Waals surface area contributed by atoms with Gasteiger partial charge in [0.05, 0.1) is 14.2 Å². The van der Waals surface area contributed by atoms with Gasteiger partial charge in [-0.2, -0.15) is 0 Å². The molecule has 4 nitrogen and oxygen atoms in total. The lowest BCUT2D eigenvalue weighted by Crippen LogP contribution is -2.33. The number of benzene rings is 1. The third-order valence-corrected chi connectivity index (χ3v) is 3.69. The Hall–Kier alpha value is -0.970. The number of halogens is 1. The van der Waals surface area contributed by atoms with Crippen LogP contribution in [0, 0.1) is 5.92 Å². The minimum absolute atomic E-state index is 0. The molecule has 1 atom stereocenters. The van der Waals surface area contributed by atoms with Crippen molar-refractivity contribution in [3.63, 3.8) is 0 Å². The van der Waals surface area contributed by atoms with Gasteiger partial charge < -0.3 is 20.5 Å². The number of nitrogens with one attached hydrogen (secondary N) is 1. The molecule has 5 heteroatoms. The molecule has 1 heterocycles. The van der Waals surface area contributed by atoms with Gasteiger partial charge in [-0.1, -0.05) is 6.07 Å². The molecular weight excluding hydrogens is 264 g/mol. The molecule has 1 saturated heterocycles. The summed E-state index contributed by atoms with van der Waals surface area (Å²) in [5, 5.41) is 3.36. The third-order valence-electron chi connectivity index (χ3n) is 3.69. The number of ether oxygens (including phenoxy) is 2. The van der Waals surface area contributed by atoms with E-state index in [1.807, 2.05) is 18.2 Å². The monoisotopic (exact) mass is 286 g/mol. The van der Waals surface area contributed by atoms with Crippen LogP contribution in [0.15, 0.2) is 18.2 Å². The van der Waals surface area contributed by atoms with Crippen LogP contribution < -0.4 is 20.5 Å². The summed E-state index contributed by atoms with van der Waals surface area (Å²) in [6, 6.07) is 5.90. The molecule has 1 fully saturated rings. The predicted molar refractivity (Wildman–Crippen MR) is 79.3 cm³/mol. The van der Waals surface area contributed by atoms with Gasteiger partial charge in [-0.15, -0.1) is 12.4 Å². The van der Waals surface area contributed by atoms with Gasteiger partial charge >= 0.3 is 0 Å². The Morgan fingerprint density at radius 3 is 2.47 bits per heavy atom. The van der Waals surface area contributed by atoms with E-state index in [0.717, 1.165) is 43.0 Å². The number of piperidine rings is 1. The highest BCUT2D eigenvalue weighted by atomic mass is 35.5. The van der Waals surface area contributed by atoms with Gasteiger partial charge in [0, 0.05) is 17.7 Å². The Morgan fingerprint density at radius 1 is 1.21 bits per heavy atom. The highest BCUT2D eigenvalue weighted by Crippen LogP contribution is 2.34. The first-order valence-corrected chi connectivity index (χ1v) is 6.44. The van der Waals surface area contributed by atoms with Crippen LogP contribution in [0.2, 0.25) is 0 Å². The summed E-state index contributed by atoms with van der Waals surface area (Å²) in [7, 11) is 3.33. The fourth-order valence-electron chi connectivity index (χ4n) is 2.55. The maximum absolute atomic E-state index is 6.39. The number of nitrogens with two attached hydrogens (primary N) is 1. The number of methoxy groups -OCH3 is 2. The molecule has 1 aromatic carbocycles. The van der Waals surface area contributed by atoms with Crippen LogP contribution in [0.4, 0.5) is 0 Å². The molecule has 0 amide bonds. The quantitative estimate of drug-likeness (QED) is 0.890. The minimum Gasteiger partial charge on any atom is -0.497 e. The Bertz CT molecular complexity index is 395. The van der Waals surface area contributed by atoms with Crippen LogP contribution in [-0.2, 0) is 0 Å². The lowest BCUT2D eigenvalue weighted by atomic mass is 9.86.